The van der Waals surface area contributed by atoms with Crippen LogP contribution < -0.4 is 10.1 Å². The number of carbonyl (C=O) groups is 2. The van der Waals surface area contributed by atoms with Crippen LogP contribution in [0.5, 0.6) is 5.75 Å². The number of amides is 1. The maximum atomic E-state index is 12.4. The van der Waals surface area contributed by atoms with E-state index in [1.807, 2.05) is 19.1 Å². The Balaban J connectivity index is 1.55. The maximum Gasteiger partial charge on any atom is 0.341 e. The predicted octanol–water partition coefficient (Wildman–Crippen LogP) is 4.83. The van der Waals surface area contributed by atoms with Gasteiger partial charge in [-0.25, -0.2) is 4.79 Å². The SMILES string of the molecule is CCOC(=O)c1c(NC(=O)CCCOc2cccc(C)c2C)sc2c1CCC2. The second kappa shape index (κ2) is 9.24. The third kappa shape index (κ3) is 4.55. The summed E-state index contributed by atoms with van der Waals surface area (Å²) in [4.78, 5) is 25.9. The van der Waals surface area contributed by atoms with Gasteiger partial charge in [0, 0.05) is 11.3 Å². The first-order chi connectivity index (χ1) is 13.5. The Kier molecular flexibility index (Phi) is 6.73. The highest BCUT2D eigenvalue weighted by molar-refractivity contribution is 7.17. The first-order valence-electron chi connectivity index (χ1n) is 9.81. The van der Waals surface area contributed by atoms with Crippen LogP contribution in [0.15, 0.2) is 18.2 Å². The molecular formula is C22H27NO4S. The zero-order valence-electron chi connectivity index (χ0n) is 16.7. The molecule has 1 heterocycles. The number of anilines is 1. The number of nitrogens with one attached hydrogen (secondary N) is 1. The van der Waals surface area contributed by atoms with Gasteiger partial charge in [0.05, 0.1) is 18.8 Å². The zero-order valence-corrected chi connectivity index (χ0v) is 17.5. The van der Waals surface area contributed by atoms with Crippen LogP contribution in [0.25, 0.3) is 0 Å². The van der Waals surface area contributed by atoms with E-state index in [-0.39, 0.29) is 11.9 Å². The lowest BCUT2D eigenvalue weighted by atomic mass is 10.1. The number of hydrogen-bond donors (Lipinski definition) is 1. The van der Waals surface area contributed by atoms with Gasteiger partial charge in [0.2, 0.25) is 5.91 Å². The monoisotopic (exact) mass is 401 g/mol. The summed E-state index contributed by atoms with van der Waals surface area (Å²) < 4.78 is 11.0. The van der Waals surface area contributed by atoms with Gasteiger partial charge in [-0.3, -0.25) is 4.79 Å². The van der Waals surface area contributed by atoms with Crippen molar-refractivity contribution in [2.45, 2.75) is 52.9 Å². The highest BCUT2D eigenvalue weighted by atomic mass is 32.1. The molecule has 0 aliphatic heterocycles. The van der Waals surface area contributed by atoms with Gasteiger partial charge in [0.25, 0.3) is 0 Å². The Morgan fingerprint density at radius 3 is 2.82 bits per heavy atom. The van der Waals surface area contributed by atoms with Crippen molar-refractivity contribution in [3.63, 3.8) is 0 Å². The predicted molar refractivity (Wildman–Crippen MR) is 112 cm³/mol. The van der Waals surface area contributed by atoms with Crippen molar-refractivity contribution in [1.82, 2.24) is 0 Å². The minimum Gasteiger partial charge on any atom is -0.493 e. The standard InChI is InChI=1S/C22H27NO4S/c1-4-26-22(25)20-16-9-6-11-18(16)28-21(20)23-19(24)12-7-13-27-17-10-5-8-14(2)15(17)3/h5,8,10H,4,6-7,9,11-13H2,1-3H3,(H,23,24). The molecule has 0 radical (unpaired) electrons. The van der Waals surface area contributed by atoms with Crippen molar-refractivity contribution >= 4 is 28.2 Å². The lowest BCUT2D eigenvalue weighted by Gasteiger charge is -2.11. The number of thiophene rings is 1. The smallest absolute Gasteiger partial charge is 0.341 e. The van der Waals surface area contributed by atoms with Crippen molar-refractivity contribution in [2.75, 3.05) is 18.5 Å². The van der Waals surface area contributed by atoms with Crippen LogP contribution in [0.2, 0.25) is 0 Å². The van der Waals surface area contributed by atoms with Gasteiger partial charge in [-0.05, 0) is 69.2 Å². The Hall–Kier alpha value is -2.34. The van der Waals surface area contributed by atoms with E-state index in [0.717, 1.165) is 36.1 Å². The lowest BCUT2D eigenvalue weighted by molar-refractivity contribution is -0.116. The molecule has 3 rings (SSSR count). The number of esters is 1. The normalized spacial score (nSPS) is 12.5. The third-order valence-electron chi connectivity index (χ3n) is 5.01. The molecule has 0 bridgehead atoms. The summed E-state index contributed by atoms with van der Waals surface area (Å²) in [5.41, 5.74) is 3.92. The van der Waals surface area contributed by atoms with Gasteiger partial charge in [-0.1, -0.05) is 12.1 Å². The minimum atomic E-state index is -0.338. The highest BCUT2D eigenvalue weighted by Gasteiger charge is 2.28. The first-order valence-corrected chi connectivity index (χ1v) is 10.6. The molecule has 5 nitrogen and oxygen atoms in total. The van der Waals surface area contributed by atoms with Crippen molar-refractivity contribution < 1.29 is 19.1 Å². The molecule has 1 aliphatic carbocycles. The van der Waals surface area contributed by atoms with E-state index >= 15 is 0 Å². The van der Waals surface area contributed by atoms with E-state index in [1.165, 1.54) is 21.8 Å². The number of rotatable bonds is 8. The van der Waals surface area contributed by atoms with E-state index in [9.17, 15) is 9.59 Å². The van der Waals surface area contributed by atoms with Gasteiger partial charge >= 0.3 is 5.97 Å². The number of benzene rings is 1. The quantitative estimate of drug-likeness (QED) is 0.508. The minimum absolute atomic E-state index is 0.102. The molecule has 6 heteroatoms. The Morgan fingerprint density at radius 2 is 2.04 bits per heavy atom. The molecule has 0 unspecified atom stereocenters. The van der Waals surface area contributed by atoms with Crippen LogP contribution in [0.1, 0.15) is 58.1 Å². The van der Waals surface area contributed by atoms with Crippen molar-refractivity contribution in [2.24, 2.45) is 0 Å². The summed E-state index contributed by atoms with van der Waals surface area (Å²) in [6.07, 6.45) is 3.84. The van der Waals surface area contributed by atoms with E-state index in [0.29, 0.717) is 36.6 Å². The fourth-order valence-electron chi connectivity index (χ4n) is 3.40. The molecule has 0 saturated heterocycles. The summed E-state index contributed by atoms with van der Waals surface area (Å²) in [5.74, 6) is 0.421. The van der Waals surface area contributed by atoms with Crippen LogP contribution in [0.3, 0.4) is 0 Å². The van der Waals surface area contributed by atoms with Crippen LogP contribution >= 0.6 is 11.3 Å². The van der Waals surface area contributed by atoms with Gasteiger partial charge < -0.3 is 14.8 Å². The average molecular weight is 402 g/mol. The van der Waals surface area contributed by atoms with E-state index < -0.39 is 0 Å². The lowest BCUT2D eigenvalue weighted by Crippen LogP contribution is -2.15. The Labute approximate surface area is 170 Å². The number of aryl methyl sites for hydroxylation is 2. The molecule has 1 aliphatic rings. The van der Waals surface area contributed by atoms with Gasteiger partial charge in [0.15, 0.2) is 0 Å². The number of carbonyl (C=O) groups excluding carboxylic acids is 2. The topological polar surface area (TPSA) is 64.6 Å². The Morgan fingerprint density at radius 1 is 1.21 bits per heavy atom. The third-order valence-corrected chi connectivity index (χ3v) is 6.22. The molecule has 1 amide bonds. The zero-order chi connectivity index (χ0) is 20.1. The summed E-state index contributed by atoms with van der Waals surface area (Å²) in [6, 6.07) is 5.97. The van der Waals surface area contributed by atoms with E-state index in [1.54, 1.807) is 6.92 Å². The Bertz CT molecular complexity index is 872. The summed E-state index contributed by atoms with van der Waals surface area (Å²) in [6.45, 7) is 6.67. The molecule has 1 aromatic heterocycles. The number of fused-ring (bicyclic) bond motifs is 1. The molecule has 1 N–H and O–H groups in total. The highest BCUT2D eigenvalue weighted by Crippen LogP contribution is 2.39. The van der Waals surface area contributed by atoms with Crippen molar-refractivity contribution in [1.29, 1.82) is 0 Å². The summed E-state index contributed by atoms with van der Waals surface area (Å²) in [7, 11) is 0. The summed E-state index contributed by atoms with van der Waals surface area (Å²) >= 11 is 1.51. The molecule has 2 aromatic rings. The molecule has 28 heavy (non-hydrogen) atoms. The van der Waals surface area contributed by atoms with Crippen LogP contribution in [-0.2, 0) is 22.4 Å². The molecular weight excluding hydrogens is 374 g/mol. The molecule has 0 atom stereocenters. The van der Waals surface area contributed by atoms with E-state index in [4.69, 9.17) is 9.47 Å². The molecule has 0 spiro atoms. The van der Waals surface area contributed by atoms with Crippen LogP contribution in [0.4, 0.5) is 5.00 Å². The fourth-order valence-corrected chi connectivity index (χ4v) is 4.69. The number of ether oxygens (including phenoxy) is 2. The average Bonchev–Trinajstić information content (AvgIpc) is 3.22. The molecule has 1 aromatic carbocycles. The summed E-state index contributed by atoms with van der Waals surface area (Å²) in [5, 5.41) is 3.55. The van der Waals surface area contributed by atoms with Crippen LogP contribution in [-0.4, -0.2) is 25.1 Å². The largest absolute Gasteiger partial charge is 0.493 e. The van der Waals surface area contributed by atoms with Gasteiger partial charge in [-0.2, -0.15) is 0 Å². The van der Waals surface area contributed by atoms with Gasteiger partial charge in [0.1, 0.15) is 10.8 Å². The van der Waals surface area contributed by atoms with Gasteiger partial charge in [-0.15, -0.1) is 11.3 Å². The van der Waals surface area contributed by atoms with Crippen LogP contribution in [0, 0.1) is 13.8 Å². The van der Waals surface area contributed by atoms with Crippen molar-refractivity contribution in [3.05, 3.63) is 45.3 Å². The molecule has 0 fully saturated rings. The number of hydrogen-bond acceptors (Lipinski definition) is 5. The second-order valence-corrected chi connectivity index (χ2v) is 8.09. The van der Waals surface area contributed by atoms with E-state index in [2.05, 4.69) is 18.3 Å². The molecule has 150 valence electrons. The fraction of sp³-hybridized carbons (Fsp3) is 0.455. The maximum absolute atomic E-state index is 12.4. The van der Waals surface area contributed by atoms with Crippen molar-refractivity contribution in [3.8, 4) is 5.75 Å². The second-order valence-electron chi connectivity index (χ2n) is 6.98. The first kappa shape index (κ1) is 20.4. The molecule has 0 saturated carbocycles.